The maximum absolute atomic E-state index is 5.83. The van der Waals surface area contributed by atoms with Crippen LogP contribution in [0.15, 0.2) is 42.5 Å². The summed E-state index contributed by atoms with van der Waals surface area (Å²) in [6.07, 6.45) is 0. The number of hydrogen-bond acceptors (Lipinski definition) is 11. The highest BCUT2D eigenvalue weighted by molar-refractivity contribution is 5.38. The van der Waals surface area contributed by atoms with Crippen LogP contribution in [0.5, 0.6) is 23.0 Å². The van der Waals surface area contributed by atoms with Gasteiger partial charge in [-0.05, 0) is 29.8 Å². The molecule has 0 aromatic heterocycles. The van der Waals surface area contributed by atoms with Gasteiger partial charge in [0.1, 0.15) is 49.4 Å². The predicted molar refractivity (Wildman–Crippen MR) is 148 cm³/mol. The Labute approximate surface area is 236 Å². The molecule has 1 heterocycles. The minimum atomic E-state index is 0.385. The Bertz CT molecular complexity index is 853. The van der Waals surface area contributed by atoms with E-state index in [0.29, 0.717) is 124 Å². The summed E-state index contributed by atoms with van der Waals surface area (Å²) in [5.74, 6) is 2.81. The van der Waals surface area contributed by atoms with Gasteiger partial charge in [0.15, 0.2) is 0 Å². The molecule has 1 aliphatic rings. The molecule has 0 radical (unpaired) electrons. The number of rotatable bonds is 1. The van der Waals surface area contributed by atoms with Gasteiger partial charge in [-0.3, -0.25) is 0 Å². The van der Waals surface area contributed by atoms with Crippen LogP contribution in [-0.2, 0) is 35.0 Å². The number of nitrogens with two attached hydrogens (primary N) is 1. The first-order valence-electron chi connectivity index (χ1n) is 13.8. The summed E-state index contributed by atoms with van der Waals surface area (Å²) in [5.41, 5.74) is 6.75. The first-order chi connectivity index (χ1) is 19.8. The van der Waals surface area contributed by atoms with Crippen LogP contribution in [0.2, 0.25) is 0 Å². The number of ether oxygens (including phenoxy) is 10. The van der Waals surface area contributed by atoms with Crippen molar-refractivity contribution in [3.05, 3.63) is 48.0 Å². The van der Waals surface area contributed by atoms with Crippen molar-refractivity contribution in [2.45, 2.75) is 6.54 Å². The lowest BCUT2D eigenvalue weighted by Gasteiger charge is -2.13. The number of fused-ring (bicyclic) bond motifs is 4. The van der Waals surface area contributed by atoms with Crippen LogP contribution in [0.1, 0.15) is 5.56 Å². The SMILES string of the molecule is NCc1cc2cc(c1)OCCOCCOCCOCCOc1cccc(c1)OCCOCCOCCOCCO2. The molecule has 2 aromatic carbocycles. The van der Waals surface area contributed by atoms with Gasteiger partial charge in [0, 0.05) is 18.7 Å². The van der Waals surface area contributed by atoms with Crippen LogP contribution >= 0.6 is 0 Å². The van der Waals surface area contributed by atoms with E-state index >= 15 is 0 Å². The van der Waals surface area contributed by atoms with E-state index in [9.17, 15) is 0 Å². The van der Waals surface area contributed by atoms with Crippen molar-refractivity contribution in [1.29, 1.82) is 0 Å². The highest BCUT2D eigenvalue weighted by Crippen LogP contribution is 2.23. The van der Waals surface area contributed by atoms with E-state index in [4.69, 9.17) is 53.1 Å². The average molecular weight is 566 g/mol. The second-order valence-electron chi connectivity index (χ2n) is 8.56. The summed E-state index contributed by atoms with van der Waals surface area (Å²) in [5, 5.41) is 0. The van der Waals surface area contributed by atoms with Gasteiger partial charge in [-0.15, -0.1) is 0 Å². The van der Waals surface area contributed by atoms with E-state index in [1.807, 2.05) is 42.5 Å². The third kappa shape index (κ3) is 14.7. The maximum atomic E-state index is 5.83. The lowest BCUT2D eigenvalue weighted by molar-refractivity contribution is 0.00434. The molecule has 0 atom stereocenters. The molecule has 40 heavy (non-hydrogen) atoms. The van der Waals surface area contributed by atoms with Gasteiger partial charge in [0.05, 0.1) is 79.3 Å². The lowest BCUT2D eigenvalue weighted by atomic mass is 10.2. The van der Waals surface area contributed by atoms with Gasteiger partial charge in [0.2, 0.25) is 0 Å². The van der Waals surface area contributed by atoms with Crippen LogP contribution in [0.25, 0.3) is 0 Å². The molecular formula is C29H43NO10. The monoisotopic (exact) mass is 565 g/mol. The Morgan fingerprint density at radius 2 is 0.700 bits per heavy atom. The van der Waals surface area contributed by atoms with Crippen molar-refractivity contribution in [2.24, 2.45) is 5.73 Å². The lowest BCUT2D eigenvalue weighted by Crippen LogP contribution is -2.15. The van der Waals surface area contributed by atoms with E-state index in [1.54, 1.807) is 0 Å². The second kappa shape index (κ2) is 21.2. The quantitative estimate of drug-likeness (QED) is 0.549. The molecule has 0 spiro atoms. The molecule has 2 aromatic rings. The Morgan fingerprint density at radius 1 is 0.400 bits per heavy atom. The molecule has 224 valence electrons. The van der Waals surface area contributed by atoms with Gasteiger partial charge in [-0.2, -0.15) is 0 Å². The molecular weight excluding hydrogens is 522 g/mol. The number of benzene rings is 2. The Hall–Kier alpha value is -2.64. The maximum Gasteiger partial charge on any atom is 0.123 e. The van der Waals surface area contributed by atoms with Gasteiger partial charge >= 0.3 is 0 Å². The molecule has 0 aliphatic carbocycles. The minimum Gasteiger partial charge on any atom is -0.491 e. The normalized spacial score (nSPS) is 18.8. The summed E-state index contributed by atoms with van der Waals surface area (Å²) >= 11 is 0. The zero-order valence-corrected chi connectivity index (χ0v) is 23.2. The van der Waals surface area contributed by atoms with Crippen LogP contribution < -0.4 is 24.7 Å². The fourth-order valence-electron chi connectivity index (χ4n) is 3.53. The van der Waals surface area contributed by atoms with E-state index in [0.717, 1.165) is 17.1 Å². The average Bonchev–Trinajstić information content (AvgIpc) is 2.97. The molecule has 4 bridgehead atoms. The summed E-state index contributed by atoms with van der Waals surface area (Å²) in [6, 6.07) is 13.1. The van der Waals surface area contributed by atoms with Crippen LogP contribution in [0.3, 0.4) is 0 Å². The van der Waals surface area contributed by atoms with Crippen molar-refractivity contribution in [1.82, 2.24) is 0 Å². The third-order valence-corrected chi connectivity index (χ3v) is 5.45. The second-order valence-corrected chi connectivity index (χ2v) is 8.56. The fraction of sp³-hybridized carbons (Fsp3) is 0.586. The van der Waals surface area contributed by atoms with E-state index < -0.39 is 0 Å². The zero-order chi connectivity index (χ0) is 27.9. The van der Waals surface area contributed by atoms with Gasteiger partial charge < -0.3 is 53.1 Å². The van der Waals surface area contributed by atoms with Crippen molar-refractivity contribution >= 4 is 0 Å². The summed E-state index contributed by atoms with van der Waals surface area (Å²) < 4.78 is 56.5. The van der Waals surface area contributed by atoms with Gasteiger partial charge in [-0.1, -0.05) is 6.07 Å². The first-order valence-corrected chi connectivity index (χ1v) is 13.8. The smallest absolute Gasteiger partial charge is 0.123 e. The topological polar surface area (TPSA) is 118 Å². The highest BCUT2D eigenvalue weighted by Gasteiger charge is 2.04. The molecule has 0 saturated carbocycles. The summed E-state index contributed by atoms with van der Waals surface area (Å²) in [4.78, 5) is 0. The molecule has 11 nitrogen and oxygen atoms in total. The molecule has 3 rings (SSSR count). The van der Waals surface area contributed by atoms with Gasteiger partial charge in [0.25, 0.3) is 0 Å². The largest absolute Gasteiger partial charge is 0.491 e. The van der Waals surface area contributed by atoms with Gasteiger partial charge in [-0.25, -0.2) is 0 Å². The zero-order valence-electron chi connectivity index (χ0n) is 23.2. The van der Waals surface area contributed by atoms with Crippen LogP contribution in [-0.4, -0.2) is 106 Å². The van der Waals surface area contributed by atoms with Crippen molar-refractivity contribution in [2.75, 3.05) is 106 Å². The highest BCUT2D eigenvalue weighted by atomic mass is 16.6. The summed E-state index contributed by atoms with van der Waals surface area (Å²) in [6.45, 7) is 7.68. The molecule has 0 unspecified atom stereocenters. The molecule has 1 aliphatic heterocycles. The Morgan fingerprint density at radius 3 is 1.05 bits per heavy atom. The van der Waals surface area contributed by atoms with E-state index in [1.165, 1.54) is 0 Å². The van der Waals surface area contributed by atoms with Crippen molar-refractivity contribution in [3.63, 3.8) is 0 Å². The summed E-state index contributed by atoms with van der Waals surface area (Å²) in [7, 11) is 0. The molecule has 0 amide bonds. The first kappa shape index (κ1) is 31.9. The standard InChI is InChI=1S/C29H43NO10/c30-24-25-20-28-23-29(21-25)40-19-15-36-11-7-32-5-9-34-13-17-38-27-3-1-2-26(22-27)37-16-12-33-8-4-31-6-10-35-14-18-39-28/h1-3,20-23H,4-19,24,30H2. The molecule has 11 heteroatoms. The van der Waals surface area contributed by atoms with Crippen molar-refractivity contribution in [3.8, 4) is 23.0 Å². The van der Waals surface area contributed by atoms with Crippen LogP contribution in [0.4, 0.5) is 0 Å². The molecule has 2 N–H and O–H groups in total. The molecule has 0 saturated heterocycles. The Balaban J connectivity index is 1.38. The fourth-order valence-corrected chi connectivity index (χ4v) is 3.53. The molecule has 0 fully saturated rings. The van der Waals surface area contributed by atoms with Crippen molar-refractivity contribution < 1.29 is 47.4 Å². The van der Waals surface area contributed by atoms with E-state index in [-0.39, 0.29) is 0 Å². The predicted octanol–water partition coefficient (Wildman–Crippen LogP) is 2.47. The van der Waals surface area contributed by atoms with E-state index in [2.05, 4.69) is 0 Å². The Kier molecular flexibility index (Phi) is 16.9. The minimum absolute atomic E-state index is 0.385. The van der Waals surface area contributed by atoms with Crippen LogP contribution in [0, 0.1) is 0 Å². The third-order valence-electron chi connectivity index (χ3n) is 5.45. The number of hydrogen-bond donors (Lipinski definition) is 1.